The Hall–Kier alpha value is -2.00. The molecule has 0 amide bonds. The standard InChI is InChI=1S/C21H29NO2/c1-16(18-6-10-20(23-5)11-7-18)17(2)19-8-12-21(13-9-19)24-15-14-22(3)4/h6-13,16-17H,14-15H2,1-5H3. The number of benzene rings is 2. The zero-order valence-corrected chi connectivity index (χ0v) is 15.5. The number of methoxy groups -OCH3 is 1. The lowest BCUT2D eigenvalue weighted by Gasteiger charge is -2.21. The molecule has 0 saturated heterocycles. The van der Waals surface area contributed by atoms with E-state index in [-0.39, 0.29) is 0 Å². The van der Waals surface area contributed by atoms with Gasteiger partial charge in [-0.05, 0) is 61.3 Å². The van der Waals surface area contributed by atoms with Gasteiger partial charge in [-0.3, -0.25) is 0 Å². The van der Waals surface area contributed by atoms with Crippen LogP contribution in [0.3, 0.4) is 0 Å². The van der Waals surface area contributed by atoms with Crippen molar-refractivity contribution < 1.29 is 9.47 Å². The molecule has 2 aromatic rings. The van der Waals surface area contributed by atoms with E-state index in [9.17, 15) is 0 Å². The predicted molar refractivity (Wildman–Crippen MR) is 100 cm³/mol. The summed E-state index contributed by atoms with van der Waals surface area (Å²) in [5.41, 5.74) is 2.66. The molecule has 0 saturated carbocycles. The minimum Gasteiger partial charge on any atom is -0.497 e. The molecule has 0 aromatic heterocycles. The van der Waals surface area contributed by atoms with E-state index in [1.807, 2.05) is 12.1 Å². The first-order chi connectivity index (χ1) is 11.5. The molecular weight excluding hydrogens is 298 g/mol. The maximum absolute atomic E-state index is 5.77. The van der Waals surface area contributed by atoms with Gasteiger partial charge in [-0.1, -0.05) is 38.1 Å². The van der Waals surface area contributed by atoms with E-state index in [0.29, 0.717) is 18.4 Å². The van der Waals surface area contributed by atoms with Gasteiger partial charge in [-0.2, -0.15) is 0 Å². The van der Waals surface area contributed by atoms with Gasteiger partial charge in [0.1, 0.15) is 18.1 Å². The first-order valence-electron chi connectivity index (χ1n) is 8.52. The minimum absolute atomic E-state index is 0.439. The van der Waals surface area contributed by atoms with Gasteiger partial charge in [0, 0.05) is 6.54 Å². The van der Waals surface area contributed by atoms with Crippen molar-refractivity contribution in [3.05, 3.63) is 59.7 Å². The molecule has 0 aliphatic carbocycles. The summed E-state index contributed by atoms with van der Waals surface area (Å²) in [4.78, 5) is 2.12. The molecule has 130 valence electrons. The van der Waals surface area contributed by atoms with Crippen molar-refractivity contribution in [3.8, 4) is 11.5 Å². The van der Waals surface area contributed by atoms with Gasteiger partial charge in [-0.25, -0.2) is 0 Å². The molecular formula is C21H29NO2. The largest absolute Gasteiger partial charge is 0.497 e. The second-order valence-electron chi connectivity index (χ2n) is 6.57. The summed E-state index contributed by atoms with van der Waals surface area (Å²) < 4.78 is 11.0. The van der Waals surface area contributed by atoms with E-state index in [2.05, 4.69) is 69.2 Å². The maximum atomic E-state index is 5.77. The van der Waals surface area contributed by atoms with Gasteiger partial charge in [0.15, 0.2) is 0 Å². The Morgan fingerprint density at radius 1 is 0.792 bits per heavy atom. The van der Waals surface area contributed by atoms with Crippen molar-refractivity contribution in [1.82, 2.24) is 4.90 Å². The molecule has 3 nitrogen and oxygen atoms in total. The molecule has 0 aliphatic rings. The predicted octanol–water partition coefficient (Wildman–Crippen LogP) is 4.54. The van der Waals surface area contributed by atoms with Crippen LogP contribution in [0.4, 0.5) is 0 Å². The number of likely N-dealkylation sites (N-methyl/N-ethyl adjacent to an activating group) is 1. The molecule has 0 bridgehead atoms. The topological polar surface area (TPSA) is 21.7 Å². The monoisotopic (exact) mass is 327 g/mol. The Kier molecular flexibility index (Phi) is 6.68. The number of ether oxygens (including phenoxy) is 2. The highest BCUT2D eigenvalue weighted by atomic mass is 16.5. The van der Waals surface area contributed by atoms with Crippen LogP contribution in [-0.2, 0) is 0 Å². The van der Waals surface area contributed by atoms with Gasteiger partial charge in [-0.15, -0.1) is 0 Å². The van der Waals surface area contributed by atoms with Gasteiger partial charge in [0.05, 0.1) is 7.11 Å². The molecule has 2 aromatic carbocycles. The molecule has 2 rings (SSSR count). The van der Waals surface area contributed by atoms with E-state index >= 15 is 0 Å². The van der Waals surface area contributed by atoms with Gasteiger partial charge in [0.25, 0.3) is 0 Å². The van der Waals surface area contributed by atoms with Crippen LogP contribution in [0.5, 0.6) is 11.5 Å². The third-order valence-electron chi connectivity index (χ3n) is 4.60. The van der Waals surface area contributed by atoms with Crippen LogP contribution in [0.25, 0.3) is 0 Å². The normalized spacial score (nSPS) is 13.6. The number of hydrogen-bond donors (Lipinski definition) is 0. The van der Waals surface area contributed by atoms with E-state index in [1.165, 1.54) is 11.1 Å². The summed E-state index contributed by atoms with van der Waals surface area (Å²) in [6, 6.07) is 16.9. The zero-order chi connectivity index (χ0) is 17.5. The Bertz CT molecular complexity index is 605. The van der Waals surface area contributed by atoms with Crippen LogP contribution < -0.4 is 9.47 Å². The van der Waals surface area contributed by atoms with Crippen LogP contribution >= 0.6 is 0 Å². The first kappa shape index (κ1) is 18.3. The lowest BCUT2D eigenvalue weighted by Crippen LogP contribution is -2.19. The average Bonchev–Trinajstić information content (AvgIpc) is 2.61. The smallest absolute Gasteiger partial charge is 0.119 e. The quantitative estimate of drug-likeness (QED) is 0.710. The second kappa shape index (κ2) is 8.74. The summed E-state index contributed by atoms with van der Waals surface area (Å²) in [5.74, 6) is 2.72. The van der Waals surface area contributed by atoms with E-state index in [0.717, 1.165) is 18.0 Å². The fourth-order valence-electron chi connectivity index (χ4n) is 2.70. The Morgan fingerprint density at radius 2 is 1.25 bits per heavy atom. The van der Waals surface area contributed by atoms with E-state index in [1.54, 1.807) is 7.11 Å². The van der Waals surface area contributed by atoms with Crippen LogP contribution in [0, 0.1) is 0 Å². The SMILES string of the molecule is COc1ccc(C(C)C(C)c2ccc(OCCN(C)C)cc2)cc1. The number of hydrogen-bond acceptors (Lipinski definition) is 3. The van der Waals surface area contributed by atoms with Crippen molar-refractivity contribution in [2.24, 2.45) is 0 Å². The molecule has 0 fully saturated rings. The van der Waals surface area contributed by atoms with Crippen LogP contribution in [0.15, 0.2) is 48.5 Å². The Morgan fingerprint density at radius 3 is 1.67 bits per heavy atom. The molecule has 2 unspecified atom stereocenters. The van der Waals surface area contributed by atoms with Crippen molar-refractivity contribution in [2.45, 2.75) is 25.7 Å². The molecule has 0 spiro atoms. The maximum Gasteiger partial charge on any atom is 0.119 e. The molecule has 0 N–H and O–H groups in total. The van der Waals surface area contributed by atoms with Gasteiger partial charge < -0.3 is 14.4 Å². The third kappa shape index (κ3) is 5.00. The van der Waals surface area contributed by atoms with Crippen LogP contribution in [-0.4, -0.2) is 39.3 Å². The molecule has 0 heterocycles. The average molecular weight is 327 g/mol. The van der Waals surface area contributed by atoms with Crippen LogP contribution in [0.1, 0.15) is 36.8 Å². The molecule has 3 heteroatoms. The fraction of sp³-hybridized carbons (Fsp3) is 0.429. The van der Waals surface area contributed by atoms with Crippen molar-refractivity contribution in [2.75, 3.05) is 34.4 Å². The van der Waals surface area contributed by atoms with Crippen molar-refractivity contribution >= 4 is 0 Å². The molecule has 2 atom stereocenters. The molecule has 0 aliphatic heterocycles. The lowest BCUT2D eigenvalue weighted by atomic mass is 9.84. The van der Waals surface area contributed by atoms with Gasteiger partial charge >= 0.3 is 0 Å². The summed E-state index contributed by atoms with van der Waals surface area (Å²) >= 11 is 0. The van der Waals surface area contributed by atoms with Crippen molar-refractivity contribution in [1.29, 1.82) is 0 Å². The highest BCUT2D eigenvalue weighted by molar-refractivity contribution is 5.34. The van der Waals surface area contributed by atoms with Gasteiger partial charge in [0.2, 0.25) is 0 Å². The number of nitrogens with zero attached hydrogens (tertiary/aromatic N) is 1. The fourth-order valence-corrected chi connectivity index (χ4v) is 2.70. The Labute approximate surface area is 146 Å². The first-order valence-corrected chi connectivity index (χ1v) is 8.52. The minimum atomic E-state index is 0.439. The molecule has 24 heavy (non-hydrogen) atoms. The number of rotatable bonds is 8. The summed E-state index contributed by atoms with van der Waals surface area (Å²) in [6.07, 6.45) is 0. The third-order valence-corrected chi connectivity index (χ3v) is 4.60. The lowest BCUT2D eigenvalue weighted by molar-refractivity contribution is 0.261. The highest BCUT2D eigenvalue weighted by Crippen LogP contribution is 2.33. The highest BCUT2D eigenvalue weighted by Gasteiger charge is 2.16. The second-order valence-corrected chi connectivity index (χ2v) is 6.57. The summed E-state index contributed by atoms with van der Waals surface area (Å²) in [6.45, 7) is 6.18. The van der Waals surface area contributed by atoms with E-state index < -0.39 is 0 Å². The van der Waals surface area contributed by atoms with Crippen LogP contribution in [0.2, 0.25) is 0 Å². The van der Waals surface area contributed by atoms with Crippen molar-refractivity contribution in [3.63, 3.8) is 0 Å². The zero-order valence-electron chi connectivity index (χ0n) is 15.5. The van der Waals surface area contributed by atoms with E-state index in [4.69, 9.17) is 9.47 Å². The summed E-state index contributed by atoms with van der Waals surface area (Å²) in [7, 11) is 5.80. The summed E-state index contributed by atoms with van der Waals surface area (Å²) in [5, 5.41) is 0. The Balaban J connectivity index is 1.98. The molecule has 0 radical (unpaired) electrons.